The molecule has 1 spiro atoms. The summed E-state index contributed by atoms with van der Waals surface area (Å²) in [5.74, 6) is 6.66. The lowest BCUT2D eigenvalue weighted by Gasteiger charge is -2.21. The van der Waals surface area contributed by atoms with Crippen LogP contribution >= 0.6 is 0 Å². The zero-order chi connectivity index (χ0) is 27.9. The number of hydrogen-bond acceptors (Lipinski definition) is 4. The normalized spacial score (nSPS) is 18.3. The highest BCUT2D eigenvalue weighted by molar-refractivity contribution is 6.76. The van der Waals surface area contributed by atoms with Gasteiger partial charge < -0.3 is 19.3 Å². The molecule has 1 atom stereocenters. The highest BCUT2D eigenvalue weighted by Crippen LogP contribution is 2.44. The summed E-state index contributed by atoms with van der Waals surface area (Å²) in [5.41, 5.74) is 5.47. The molecule has 9 heteroatoms. The number of rotatable bonds is 6. The number of nitrogens with zero attached hydrogens (tertiary/aromatic N) is 5. The van der Waals surface area contributed by atoms with E-state index in [1.165, 1.54) is 4.90 Å². The number of amides is 1. The van der Waals surface area contributed by atoms with Crippen molar-refractivity contribution in [3.05, 3.63) is 71.7 Å². The maximum absolute atomic E-state index is 11.6. The Labute approximate surface area is 235 Å². The lowest BCUT2D eigenvalue weighted by Crippen LogP contribution is -2.32. The number of hydrogen-bond donors (Lipinski definition) is 1. The second-order valence-electron chi connectivity index (χ2n) is 12.2. The van der Waals surface area contributed by atoms with Gasteiger partial charge >= 0.3 is 6.09 Å². The molecule has 2 aliphatic heterocycles. The lowest BCUT2D eigenvalue weighted by atomic mass is 9.82. The first-order valence-electron chi connectivity index (χ1n) is 13.9. The van der Waals surface area contributed by atoms with Gasteiger partial charge in [-0.1, -0.05) is 49.7 Å². The van der Waals surface area contributed by atoms with Crippen LogP contribution < -0.4 is 0 Å². The zero-order valence-corrected chi connectivity index (χ0v) is 24.4. The second-order valence-corrected chi connectivity index (χ2v) is 17.8. The molecular formula is C31H35N5O3Si. The van der Waals surface area contributed by atoms with E-state index >= 15 is 0 Å². The molecule has 40 heavy (non-hydrogen) atoms. The number of carboxylic acid groups (broad SMARTS) is 1. The molecule has 1 amide bonds. The Morgan fingerprint density at radius 3 is 2.67 bits per heavy atom. The Hall–Kier alpha value is -3.87. The fourth-order valence-corrected chi connectivity index (χ4v) is 6.52. The lowest BCUT2D eigenvalue weighted by molar-refractivity contribution is 0.0898. The molecule has 3 aromatic heterocycles. The fourth-order valence-electron chi connectivity index (χ4n) is 5.76. The van der Waals surface area contributed by atoms with Crippen LogP contribution in [0.1, 0.15) is 29.7 Å². The minimum atomic E-state index is -1.17. The predicted molar refractivity (Wildman–Crippen MR) is 158 cm³/mol. The van der Waals surface area contributed by atoms with Crippen molar-refractivity contribution in [1.29, 1.82) is 0 Å². The molecule has 1 unspecified atom stereocenters. The van der Waals surface area contributed by atoms with Gasteiger partial charge in [-0.05, 0) is 43.2 Å². The molecule has 6 rings (SSSR count). The quantitative estimate of drug-likeness (QED) is 0.190. The second kappa shape index (κ2) is 10.3. The molecule has 2 aliphatic rings. The summed E-state index contributed by atoms with van der Waals surface area (Å²) in [4.78, 5) is 18.0. The van der Waals surface area contributed by atoms with Gasteiger partial charge in [-0.25, -0.2) is 9.78 Å². The van der Waals surface area contributed by atoms with E-state index in [2.05, 4.69) is 48.3 Å². The third kappa shape index (κ3) is 5.17. The van der Waals surface area contributed by atoms with E-state index in [9.17, 15) is 9.90 Å². The smallest absolute Gasteiger partial charge is 0.407 e. The first-order chi connectivity index (χ1) is 19.2. The molecule has 1 fully saturated rings. The van der Waals surface area contributed by atoms with Crippen molar-refractivity contribution in [1.82, 2.24) is 24.2 Å². The molecule has 1 N–H and O–H groups in total. The molecule has 206 valence electrons. The first kappa shape index (κ1) is 26.4. The van der Waals surface area contributed by atoms with Crippen molar-refractivity contribution in [2.45, 2.75) is 57.2 Å². The average molecular weight is 554 g/mol. The monoisotopic (exact) mass is 553 g/mol. The van der Waals surface area contributed by atoms with Gasteiger partial charge in [-0.3, -0.25) is 4.68 Å². The van der Waals surface area contributed by atoms with Gasteiger partial charge in [0.05, 0.1) is 11.3 Å². The van der Waals surface area contributed by atoms with E-state index in [0.29, 0.717) is 19.8 Å². The van der Waals surface area contributed by atoms with Crippen LogP contribution in [0.5, 0.6) is 0 Å². The Morgan fingerprint density at radius 1 is 1.12 bits per heavy atom. The number of fused-ring (bicyclic) bond motifs is 3. The van der Waals surface area contributed by atoms with Crippen LogP contribution in [0.2, 0.25) is 25.7 Å². The molecule has 0 bridgehead atoms. The summed E-state index contributed by atoms with van der Waals surface area (Å²) in [6.45, 7) is 10.1. The van der Waals surface area contributed by atoms with Gasteiger partial charge in [0.2, 0.25) is 0 Å². The van der Waals surface area contributed by atoms with E-state index in [4.69, 9.17) is 14.8 Å². The maximum Gasteiger partial charge on any atom is 0.407 e. The zero-order valence-electron chi connectivity index (χ0n) is 23.4. The minimum Gasteiger partial charge on any atom is -0.465 e. The number of benzene rings is 1. The van der Waals surface area contributed by atoms with Gasteiger partial charge in [0, 0.05) is 74.3 Å². The van der Waals surface area contributed by atoms with E-state index in [1.54, 1.807) is 0 Å². The molecule has 0 radical (unpaired) electrons. The van der Waals surface area contributed by atoms with Crippen molar-refractivity contribution >= 4 is 25.2 Å². The summed E-state index contributed by atoms with van der Waals surface area (Å²) in [6, 6.07) is 15.3. The summed E-state index contributed by atoms with van der Waals surface area (Å²) < 4.78 is 10.2. The van der Waals surface area contributed by atoms with Gasteiger partial charge in [0.15, 0.2) is 0 Å². The number of pyridine rings is 1. The maximum atomic E-state index is 11.6. The standard InChI is InChI=1S/C31H35N5O3Si/c1-40(2,3)16-15-39-22-35-20-24(10-9-23-7-5-4-6-8-23)26-17-25(19-32-29(26)35)27-18-28-31(12-14-36(28)33-27)11-13-34(21-31)30(37)38/h4-8,17-20H,11-16,21-22H2,1-3H3,(H,37,38). The van der Waals surface area contributed by atoms with Crippen molar-refractivity contribution in [2.75, 3.05) is 19.7 Å². The molecule has 0 saturated carbocycles. The number of likely N-dealkylation sites (tertiary alicyclic amines) is 1. The first-order valence-corrected chi connectivity index (χ1v) is 17.6. The van der Waals surface area contributed by atoms with Gasteiger partial charge in [0.1, 0.15) is 12.4 Å². The number of aryl methyl sites for hydroxylation is 1. The van der Waals surface area contributed by atoms with Crippen LogP contribution in [0, 0.1) is 11.8 Å². The van der Waals surface area contributed by atoms with Crippen LogP contribution in [-0.2, 0) is 23.4 Å². The summed E-state index contributed by atoms with van der Waals surface area (Å²) in [6.07, 6.45) is 4.83. The SMILES string of the molecule is C[Si](C)(C)CCOCn1cc(C#Cc2ccccc2)c2cc(-c3cc4n(n3)CCC43CCN(C(=O)O)C3)cnc21. The van der Waals surface area contributed by atoms with Gasteiger partial charge in [-0.2, -0.15) is 5.10 Å². The molecule has 0 aliphatic carbocycles. The third-order valence-corrected chi connectivity index (χ3v) is 9.81. The average Bonchev–Trinajstić information content (AvgIpc) is 3.70. The third-order valence-electron chi connectivity index (χ3n) is 8.10. The van der Waals surface area contributed by atoms with Crippen molar-refractivity contribution < 1.29 is 14.6 Å². The van der Waals surface area contributed by atoms with E-state index in [1.807, 2.05) is 47.3 Å². The highest BCUT2D eigenvalue weighted by Gasteiger charge is 2.47. The van der Waals surface area contributed by atoms with Crippen molar-refractivity contribution in [3.8, 4) is 23.1 Å². The topological polar surface area (TPSA) is 85.4 Å². The van der Waals surface area contributed by atoms with Crippen molar-refractivity contribution in [2.24, 2.45) is 0 Å². The molecule has 4 aromatic rings. The Bertz CT molecular complexity index is 1630. The molecule has 1 aromatic carbocycles. The largest absolute Gasteiger partial charge is 0.465 e. The Balaban J connectivity index is 1.33. The minimum absolute atomic E-state index is 0.149. The summed E-state index contributed by atoms with van der Waals surface area (Å²) >= 11 is 0. The number of carbonyl (C=O) groups is 1. The molecular weight excluding hydrogens is 518 g/mol. The van der Waals surface area contributed by atoms with E-state index in [-0.39, 0.29) is 5.41 Å². The summed E-state index contributed by atoms with van der Waals surface area (Å²) in [7, 11) is -1.17. The van der Waals surface area contributed by atoms with Crippen LogP contribution in [-0.4, -0.2) is 63.2 Å². The summed E-state index contributed by atoms with van der Waals surface area (Å²) in [5, 5.41) is 15.4. The van der Waals surface area contributed by atoms with Gasteiger partial charge in [-0.15, -0.1) is 0 Å². The number of ether oxygens (including phenoxy) is 1. The predicted octanol–water partition coefficient (Wildman–Crippen LogP) is 5.64. The molecule has 1 saturated heterocycles. The van der Waals surface area contributed by atoms with Gasteiger partial charge in [0.25, 0.3) is 0 Å². The Morgan fingerprint density at radius 2 is 1.93 bits per heavy atom. The fraction of sp³-hybridized carbons (Fsp3) is 0.387. The van der Waals surface area contributed by atoms with E-state index in [0.717, 1.165) is 71.1 Å². The van der Waals surface area contributed by atoms with Crippen LogP contribution in [0.15, 0.2) is 54.9 Å². The molecule has 5 heterocycles. The Kier molecular flexibility index (Phi) is 6.76. The van der Waals surface area contributed by atoms with E-state index < -0.39 is 14.2 Å². The highest BCUT2D eigenvalue weighted by atomic mass is 28.3. The van der Waals surface area contributed by atoms with Crippen LogP contribution in [0.25, 0.3) is 22.3 Å². The number of aromatic nitrogens is 4. The van der Waals surface area contributed by atoms with Crippen LogP contribution in [0.3, 0.4) is 0 Å². The van der Waals surface area contributed by atoms with Crippen LogP contribution in [0.4, 0.5) is 4.79 Å². The van der Waals surface area contributed by atoms with Crippen molar-refractivity contribution in [3.63, 3.8) is 0 Å². The molecule has 8 nitrogen and oxygen atoms in total.